The minimum atomic E-state index is 0.395. The first-order chi connectivity index (χ1) is 9.78. The van der Waals surface area contributed by atoms with E-state index in [1.807, 2.05) is 43.3 Å². The lowest BCUT2D eigenvalue weighted by atomic mass is 10.3. The molecule has 0 aliphatic heterocycles. The average molecular weight is 271 g/mol. The van der Waals surface area contributed by atoms with Crippen molar-refractivity contribution < 1.29 is 4.74 Å². The highest BCUT2D eigenvalue weighted by atomic mass is 16.5. The van der Waals surface area contributed by atoms with Gasteiger partial charge in [-0.2, -0.15) is 0 Å². The first-order valence-electron chi connectivity index (χ1n) is 7.00. The largest absolute Gasteiger partial charge is 0.486 e. The van der Waals surface area contributed by atoms with Gasteiger partial charge in [0.1, 0.15) is 12.4 Å². The standard InChI is InChI=1S/C16H21N3O/c1-3-9-17-11-14-10-13(2)18-16(19-14)12-20-15-7-5-4-6-8-15/h4-8,10,17H,3,9,11-12H2,1-2H3. The molecule has 1 N–H and O–H groups in total. The highest BCUT2D eigenvalue weighted by molar-refractivity contribution is 5.21. The second-order valence-electron chi connectivity index (χ2n) is 4.70. The number of rotatable bonds is 7. The van der Waals surface area contributed by atoms with Crippen molar-refractivity contribution in [2.45, 2.75) is 33.4 Å². The van der Waals surface area contributed by atoms with Crippen molar-refractivity contribution in [3.63, 3.8) is 0 Å². The second-order valence-corrected chi connectivity index (χ2v) is 4.70. The van der Waals surface area contributed by atoms with Crippen LogP contribution >= 0.6 is 0 Å². The number of aromatic nitrogens is 2. The molecule has 0 aliphatic rings. The Morgan fingerprint density at radius 2 is 1.95 bits per heavy atom. The second kappa shape index (κ2) is 7.60. The first-order valence-corrected chi connectivity index (χ1v) is 7.00. The highest BCUT2D eigenvalue weighted by Crippen LogP contribution is 2.10. The van der Waals surface area contributed by atoms with Gasteiger partial charge in [0.15, 0.2) is 5.82 Å². The minimum absolute atomic E-state index is 0.395. The van der Waals surface area contributed by atoms with E-state index in [-0.39, 0.29) is 0 Å². The molecule has 0 spiro atoms. The van der Waals surface area contributed by atoms with Gasteiger partial charge in [0.2, 0.25) is 0 Å². The molecular formula is C16H21N3O. The fourth-order valence-corrected chi connectivity index (χ4v) is 1.91. The van der Waals surface area contributed by atoms with E-state index in [1.54, 1.807) is 0 Å². The molecule has 0 atom stereocenters. The molecule has 0 fully saturated rings. The predicted octanol–water partition coefficient (Wildman–Crippen LogP) is 2.86. The third kappa shape index (κ3) is 4.63. The zero-order valence-corrected chi connectivity index (χ0v) is 12.1. The number of benzene rings is 1. The van der Waals surface area contributed by atoms with Gasteiger partial charge in [-0.05, 0) is 38.1 Å². The van der Waals surface area contributed by atoms with Gasteiger partial charge in [-0.3, -0.25) is 0 Å². The molecule has 2 aromatic rings. The van der Waals surface area contributed by atoms with E-state index in [2.05, 4.69) is 22.2 Å². The van der Waals surface area contributed by atoms with Gasteiger partial charge in [-0.25, -0.2) is 9.97 Å². The maximum absolute atomic E-state index is 5.68. The lowest BCUT2D eigenvalue weighted by Gasteiger charge is -2.08. The van der Waals surface area contributed by atoms with Crippen LogP contribution in [0.2, 0.25) is 0 Å². The van der Waals surface area contributed by atoms with Gasteiger partial charge < -0.3 is 10.1 Å². The van der Waals surface area contributed by atoms with Crippen molar-refractivity contribution in [3.8, 4) is 5.75 Å². The van der Waals surface area contributed by atoms with E-state index < -0.39 is 0 Å². The van der Waals surface area contributed by atoms with Crippen molar-refractivity contribution in [1.29, 1.82) is 0 Å². The van der Waals surface area contributed by atoms with Crippen molar-refractivity contribution in [3.05, 3.63) is 53.6 Å². The molecule has 2 rings (SSSR count). The molecule has 0 saturated carbocycles. The Bertz CT molecular complexity index is 529. The molecule has 0 unspecified atom stereocenters. The Kier molecular flexibility index (Phi) is 5.50. The molecule has 0 aliphatic carbocycles. The predicted molar refractivity (Wildman–Crippen MR) is 79.5 cm³/mol. The lowest BCUT2D eigenvalue weighted by molar-refractivity contribution is 0.295. The maximum atomic E-state index is 5.68. The third-order valence-electron chi connectivity index (χ3n) is 2.80. The minimum Gasteiger partial charge on any atom is -0.486 e. The van der Waals surface area contributed by atoms with Crippen LogP contribution in [-0.2, 0) is 13.2 Å². The summed E-state index contributed by atoms with van der Waals surface area (Å²) < 4.78 is 5.68. The molecule has 20 heavy (non-hydrogen) atoms. The summed E-state index contributed by atoms with van der Waals surface area (Å²) in [6.07, 6.45) is 1.12. The van der Waals surface area contributed by atoms with Gasteiger partial charge in [0.05, 0.1) is 5.69 Å². The van der Waals surface area contributed by atoms with Crippen molar-refractivity contribution in [1.82, 2.24) is 15.3 Å². The van der Waals surface area contributed by atoms with Gasteiger partial charge in [0, 0.05) is 12.2 Å². The van der Waals surface area contributed by atoms with Crippen LogP contribution in [0.4, 0.5) is 0 Å². The SMILES string of the molecule is CCCNCc1cc(C)nc(COc2ccccc2)n1. The normalized spacial score (nSPS) is 10.5. The summed E-state index contributed by atoms with van der Waals surface area (Å²) in [5.74, 6) is 1.56. The smallest absolute Gasteiger partial charge is 0.166 e. The summed E-state index contributed by atoms with van der Waals surface area (Å²) in [5, 5.41) is 3.35. The lowest BCUT2D eigenvalue weighted by Crippen LogP contribution is -2.16. The van der Waals surface area contributed by atoms with Gasteiger partial charge in [0.25, 0.3) is 0 Å². The Morgan fingerprint density at radius 1 is 1.15 bits per heavy atom. The summed E-state index contributed by atoms with van der Waals surface area (Å²) in [5.41, 5.74) is 1.98. The number of ether oxygens (including phenoxy) is 1. The molecule has 0 bridgehead atoms. The maximum Gasteiger partial charge on any atom is 0.166 e. The van der Waals surface area contributed by atoms with Crippen molar-refractivity contribution >= 4 is 0 Å². The number of hydrogen-bond acceptors (Lipinski definition) is 4. The monoisotopic (exact) mass is 271 g/mol. The van der Waals surface area contributed by atoms with Crippen LogP contribution in [0.5, 0.6) is 5.75 Å². The van der Waals surface area contributed by atoms with Crippen molar-refractivity contribution in [2.75, 3.05) is 6.54 Å². The number of para-hydroxylation sites is 1. The molecule has 1 heterocycles. The number of nitrogens with zero attached hydrogens (tertiary/aromatic N) is 2. The number of hydrogen-bond donors (Lipinski definition) is 1. The van der Waals surface area contributed by atoms with Crippen LogP contribution in [0.1, 0.15) is 30.6 Å². The fraction of sp³-hybridized carbons (Fsp3) is 0.375. The Labute approximate surface area is 120 Å². The molecule has 4 heteroatoms. The van der Waals surface area contributed by atoms with Crippen LogP contribution in [0, 0.1) is 6.92 Å². The van der Waals surface area contributed by atoms with Gasteiger partial charge >= 0.3 is 0 Å². The highest BCUT2D eigenvalue weighted by Gasteiger charge is 2.03. The summed E-state index contributed by atoms with van der Waals surface area (Å²) in [6, 6.07) is 11.7. The third-order valence-corrected chi connectivity index (χ3v) is 2.80. The van der Waals surface area contributed by atoms with E-state index in [0.29, 0.717) is 6.61 Å². The van der Waals surface area contributed by atoms with Crippen LogP contribution < -0.4 is 10.1 Å². The van der Waals surface area contributed by atoms with Crippen LogP contribution in [0.15, 0.2) is 36.4 Å². The van der Waals surface area contributed by atoms with Crippen molar-refractivity contribution in [2.24, 2.45) is 0 Å². The molecule has 0 saturated heterocycles. The number of aryl methyl sites for hydroxylation is 1. The molecule has 1 aromatic heterocycles. The zero-order valence-electron chi connectivity index (χ0n) is 12.1. The van der Waals surface area contributed by atoms with E-state index in [0.717, 1.165) is 42.5 Å². The summed E-state index contributed by atoms with van der Waals surface area (Å²) in [4.78, 5) is 8.94. The van der Waals surface area contributed by atoms with E-state index in [9.17, 15) is 0 Å². The van der Waals surface area contributed by atoms with Gasteiger partial charge in [-0.1, -0.05) is 25.1 Å². The summed E-state index contributed by atoms with van der Waals surface area (Å²) >= 11 is 0. The molecule has 1 aromatic carbocycles. The Hall–Kier alpha value is -1.94. The molecule has 4 nitrogen and oxygen atoms in total. The average Bonchev–Trinajstić information content (AvgIpc) is 2.46. The van der Waals surface area contributed by atoms with E-state index in [1.165, 1.54) is 0 Å². The molecule has 106 valence electrons. The topological polar surface area (TPSA) is 47.0 Å². The quantitative estimate of drug-likeness (QED) is 0.787. The summed E-state index contributed by atoms with van der Waals surface area (Å²) in [6.45, 7) is 6.30. The zero-order chi connectivity index (χ0) is 14.2. The first kappa shape index (κ1) is 14.5. The Balaban J connectivity index is 1.97. The van der Waals surface area contributed by atoms with E-state index >= 15 is 0 Å². The Morgan fingerprint density at radius 3 is 2.70 bits per heavy atom. The van der Waals surface area contributed by atoms with Crippen LogP contribution in [0.25, 0.3) is 0 Å². The fourth-order valence-electron chi connectivity index (χ4n) is 1.91. The van der Waals surface area contributed by atoms with Crippen LogP contribution in [-0.4, -0.2) is 16.5 Å². The summed E-state index contributed by atoms with van der Waals surface area (Å²) in [7, 11) is 0. The van der Waals surface area contributed by atoms with Gasteiger partial charge in [-0.15, -0.1) is 0 Å². The number of nitrogens with one attached hydrogen (secondary N) is 1. The molecule has 0 radical (unpaired) electrons. The van der Waals surface area contributed by atoms with E-state index in [4.69, 9.17) is 4.74 Å². The molecule has 0 amide bonds. The van der Waals surface area contributed by atoms with Crippen LogP contribution in [0.3, 0.4) is 0 Å². The molecular weight excluding hydrogens is 250 g/mol.